The van der Waals surface area contributed by atoms with Crippen LogP contribution in [0.4, 0.5) is 5.69 Å². The number of nitrogens with one attached hydrogen (secondary N) is 1. The highest BCUT2D eigenvalue weighted by atomic mass is 16.1. The van der Waals surface area contributed by atoms with Crippen LogP contribution in [0.2, 0.25) is 0 Å². The molecule has 0 fully saturated rings. The standard InChI is InChI=1S/C32H49N3O/c1-7-8-9-10-11-12-13-14-15-16-23-33-32(36)30-22-18-21-29(35-30)26(6)34-31-27(24(2)3)19-17-20-28(31)25(4)5/h17-22,24-25H,7-16,23H2,1-6H3,(H,33,36). The molecule has 0 bridgehead atoms. The van der Waals surface area contributed by atoms with Crippen molar-refractivity contribution >= 4 is 17.3 Å². The molecule has 36 heavy (non-hydrogen) atoms. The number of aromatic nitrogens is 1. The summed E-state index contributed by atoms with van der Waals surface area (Å²) in [6.45, 7) is 13.7. The molecule has 1 aromatic heterocycles. The fourth-order valence-corrected chi connectivity index (χ4v) is 4.53. The number of unbranched alkanes of at least 4 members (excludes halogenated alkanes) is 9. The second kappa shape index (κ2) is 16.3. The minimum atomic E-state index is -0.106. The Balaban J connectivity index is 1.91. The van der Waals surface area contributed by atoms with Gasteiger partial charge in [0.1, 0.15) is 5.69 Å². The monoisotopic (exact) mass is 491 g/mol. The molecule has 1 heterocycles. The summed E-state index contributed by atoms with van der Waals surface area (Å²) < 4.78 is 0. The lowest BCUT2D eigenvalue weighted by Crippen LogP contribution is -2.25. The van der Waals surface area contributed by atoms with Crippen LogP contribution in [-0.2, 0) is 0 Å². The van der Waals surface area contributed by atoms with Gasteiger partial charge in [0.05, 0.1) is 17.1 Å². The van der Waals surface area contributed by atoms with E-state index >= 15 is 0 Å². The highest BCUT2D eigenvalue weighted by molar-refractivity contribution is 6.00. The van der Waals surface area contributed by atoms with Crippen LogP contribution in [0.1, 0.15) is 145 Å². The van der Waals surface area contributed by atoms with Gasteiger partial charge in [-0.05, 0) is 48.4 Å². The number of aliphatic imine (C=N–C) groups is 1. The van der Waals surface area contributed by atoms with Gasteiger partial charge in [-0.1, -0.05) is 117 Å². The second-order valence-electron chi connectivity index (χ2n) is 10.6. The summed E-state index contributed by atoms with van der Waals surface area (Å²) in [5.41, 5.74) is 5.55. The van der Waals surface area contributed by atoms with Crippen LogP contribution in [-0.4, -0.2) is 23.1 Å². The normalized spacial score (nSPS) is 11.9. The Kier molecular flexibility index (Phi) is 13.5. The number of pyridine rings is 1. The first-order chi connectivity index (χ1) is 17.3. The molecule has 1 amide bonds. The minimum absolute atomic E-state index is 0.106. The van der Waals surface area contributed by atoms with Gasteiger partial charge < -0.3 is 5.32 Å². The van der Waals surface area contributed by atoms with E-state index in [4.69, 9.17) is 4.99 Å². The Morgan fingerprint density at radius 2 is 1.28 bits per heavy atom. The SMILES string of the molecule is CCCCCCCCCCCCNC(=O)c1cccc(C(C)=Nc2c(C(C)C)cccc2C(C)C)n1. The van der Waals surface area contributed by atoms with E-state index in [1.807, 2.05) is 19.1 Å². The molecule has 1 aromatic carbocycles. The number of nitrogens with zero attached hydrogens (tertiary/aromatic N) is 2. The third kappa shape index (κ3) is 9.87. The van der Waals surface area contributed by atoms with Crippen LogP contribution in [0.5, 0.6) is 0 Å². The topological polar surface area (TPSA) is 54.4 Å². The molecule has 4 heteroatoms. The van der Waals surface area contributed by atoms with Crippen molar-refractivity contribution in [3.63, 3.8) is 0 Å². The Bertz CT molecular complexity index is 935. The number of hydrogen-bond donors (Lipinski definition) is 1. The fourth-order valence-electron chi connectivity index (χ4n) is 4.53. The first kappa shape index (κ1) is 29.7. The fraction of sp³-hybridized carbons (Fsp3) is 0.594. The van der Waals surface area contributed by atoms with Gasteiger partial charge in [-0.25, -0.2) is 4.98 Å². The van der Waals surface area contributed by atoms with Gasteiger partial charge in [0.15, 0.2) is 0 Å². The highest BCUT2D eigenvalue weighted by Gasteiger charge is 2.15. The predicted molar refractivity (Wildman–Crippen MR) is 155 cm³/mol. The van der Waals surface area contributed by atoms with Gasteiger partial charge in [-0.15, -0.1) is 0 Å². The zero-order valence-electron chi connectivity index (χ0n) is 23.7. The summed E-state index contributed by atoms with van der Waals surface area (Å²) in [7, 11) is 0. The van der Waals surface area contributed by atoms with Crippen molar-refractivity contribution in [2.45, 2.75) is 118 Å². The first-order valence-electron chi connectivity index (χ1n) is 14.3. The summed E-state index contributed by atoms with van der Waals surface area (Å²) in [6, 6.07) is 12.1. The zero-order valence-corrected chi connectivity index (χ0v) is 23.7. The molecule has 0 atom stereocenters. The lowest BCUT2D eigenvalue weighted by molar-refractivity contribution is 0.0948. The molecule has 0 aliphatic carbocycles. The first-order valence-corrected chi connectivity index (χ1v) is 14.3. The van der Waals surface area contributed by atoms with Gasteiger partial charge in [0.25, 0.3) is 5.91 Å². The number of benzene rings is 1. The van der Waals surface area contributed by atoms with Gasteiger partial charge in [0.2, 0.25) is 0 Å². The number of hydrogen-bond acceptors (Lipinski definition) is 3. The molecule has 2 aromatic rings. The highest BCUT2D eigenvalue weighted by Crippen LogP contribution is 2.35. The average Bonchev–Trinajstić information content (AvgIpc) is 2.87. The lowest BCUT2D eigenvalue weighted by atomic mass is 9.93. The summed E-state index contributed by atoms with van der Waals surface area (Å²) in [6.07, 6.45) is 12.9. The largest absolute Gasteiger partial charge is 0.351 e. The third-order valence-electron chi connectivity index (χ3n) is 6.79. The van der Waals surface area contributed by atoms with E-state index in [1.165, 1.54) is 68.9 Å². The predicted octanol–water partition coefficient (Wildman–Crippen LogP) is 9.12. The van der Waals surface area contributed by atoms with E-state index in [0.717, 1.165) is 23.5 Å². The van der Waals surface area contributed by atoms with Crippen molar-refractivity contribution in [2.24, 2.45) is 4.99 Å². The molecule has 1 N–H and O–H groups in total. The maximum atomic E-state index is 12.7. The van der Waals surface area contributed by atoms with Crippen LogP contribution in [0, 0.1) is 0 Å². The van der Waals surface area contributed by atoms with E-state index in [1.54, 1.807) is 6.07 Å². The molecule has 0 unspecified atom stereocenters. The van der Waals surface area contributed by atoms with Gasteiger partial charge in [-0.2, -0.15) is 0 Å². The van der Waals surface area contributed by atoms with Crippen molar-refractivity contribution in [1.82, 2.24) is 10.3 Å². The van der Waals surface area contributed by atoms with E-state index in [0.29, 0.717) is 24.1 Å². The van der Waals surface area contributed by atoms with Gasteiger partial charge >= 0.3 is 0 Å². The summed E-state index contributed by atoms with van der Waals surface area (Å²) >= 11 is 0. The van der Waals surface area contributed by atoms with Crippen molar-refractivity contribution in [3.05, 3.63) is 58.9 Å². The molecule has 0 aliphatic heterocycles. The number of rotatable bonds is 16. The molecule has 0 spiro atoms. The number of para-hydroxylation sites is 1. The quantitative estimate of drug-likeness (QED) is 0.188. The van der Waals surface area contributed by atoms with Crippen molar-refractivity contribution in [3.8, 4) is 0 Å². The molecule has 0 saturated heterocycles. The van der Waals surface area contributed by atoms with Gasteiger partial charge in [-0.3, -0.25) is 9.79 Å². The Hall–Kier alpha value is -2.49. The Labute approximate surface area is 220 Å². The van der Waals surface area contributed by atoms with Crippen LogP contribution < -0.4 is 5.32 Å². The van der Waals surface area contributed by atoms with E-state index in [9.17, 15) is 4.79 Å². The van der Waals surface area contributed by atoms with Crippen molar-refractivity contribution < 1.29 is 4.79 Å². The molecule has 0 saturated carbocycles. The van der Waals surface area contributed by atoms with Crippen molar-refractivity contribution in [2.75, 3.05) is 6.54 Å². The van der Waals surface area contributed by atoms with Crippen LogP contribution in [0.15, 0.2) is 41.4 Å². The molecule has 2 rings (SSSR count). The Morgan fingerprint density at radius 1 is 0.778 bits per heavy atom. The number of amides is 1. The van der Waals surface area contributed by atoms with Crippen LogP contribution in [0.3, 0.4) is 0 Å². The summed E-state index contributed by atoms with van der Waals surface area (Å²) in [4.78, 5) is 22.4. The zero-order chi connectivity index (χ0) is 26.3. The molecular weight excluding hydrogens is 442 g/mol. The maximum Gasteiger partial charge on any atom is 0.269 e. The summed E-state index contributed by atoms with van der Waals surface area (Å²) in [5, 5.41) is 3.05. The molecule has 0 radical (unpaired) electrons. The van der Waals surface area contributed by atoms with E-state index < -0.39 is 0 Å². The molecule has 0 aliphatic rings. The molecule has 198 valence electrons. The van der Waals surface area contributed by atoms with E-state index in [2.05, 4.69) is 63.1 Å². The average molecular weight is 492 g/mol. The molecular formula is C32H49N3O. The number of carbonyl (C=O) groups is 1. The van der Waals surface area contributed by atoms with Crippen LogP contribution >= 0.6 is 0 Å². The van der Waals surface area contributed by atoms with E-state index in [-0.39, 0.29) is 5.91 Å². The summed E-state index contributed by atoms with van der Waals surface area (Å²) in [5.74, 6) is 0.656. The molecule has 4 nitrogen and oxygen atoms in total. The number of carbonyl (C=O) groups excluding carboxylic acids is 1. The Morgan fingerprint density at radius 3 is 1.83 bits per heavy atom. The second-order valence-corrected chi connectivity index (χ2v) is 10.6. The van der Waals surface area contributed by atoms with Crippen LogP contribution in [0.25, 0.3) is 0 Å². The third-order valence-corrected chi connectivity index (χ3v) is 6.79. The lowest BCUT2D eigenvalue weighted by Gasteiger charge is -2.17. The van der Waals surface area contributed by atoms with Crippen molar-refractivity contribution in [1.29, 1.82) is 0 Å². The smallest absolute Gasteiger partial charge is 0.269 e. The van der Waals surface area contributed by atoms with Gasteiger partial charge in [0, 0.05) is 6.54 Å². The maximum absolute atomic E-state index is 12.7. The minimum Gasteiger partial charge on any atom is -0.351 e.